The highest BCUT2D eigenvalue weighted by molar-refractivity contribution is 6.01. The lowest BCUT2D eigenvalue weighted by Crippen LogP contribution is -2.51. The number of pyridine rings is 1. The van der Waals surface area contributed by atoms with E-state index < -0.39 is 12.1 Å². The van der Waals surface area contributed by atoms with E-state index in [0.29, 0.717) is 24.4 Å². The second kappa shape index (κ2) is 7.80. The number of amides is 3. The molecular formula is C19H20N4O3. The third kappa shape index (κ3) is 3.90. The van der Waals surface area contributed by atoms with Gasteiger partial charge in [-0.2, -0.15) is 0 Å². The van der Waals surface area contributed by atoms with Crippen molar-refractivity contribution >= 4 is 23.5 Å². The Hall–Kier alpha value is -3.18. The number of hydrogen-bond acceptors (Lipinski definition) is 4. The second-order valence-electron chi connectivity index (χ2n) is 6.17. The van der Waals surface area contributed by atoms with Crippen molar-refractivity contribution in [2.75, 3.05) is 11.9 Å². The molecule has 2 atom stereocenters. The number of aromatic nitrogens is 1. The summed E-state index contributed by atoms with van der Waals surface area (Å²) in [6.45, 7) is 2.12. The van der Waals surface area contributed by atoms with E-state index in [1.54, 1.807) is 54.4 Å². The maximum atomic E-state index is 12.6. The topological polar surface area (TPSA) is 91.4 Å². The number of nitrogens with zero attached hydrogens (tertiary/aromatic N) is 2. The number of carbonyl (C=O) groups is 3. The molecule has 0 aromatic carbocycles. The van der Waals surface area contributed by atoms with Crippen LogP contribution in [0.25, 0.3) is 0 Å². The van der Waals surface area contributed by atoms with Gasteiger partial charge in [0.1, 0.15) is 17.9 Å². The minimum absolute atomic E-state index is 0.210. The predicted molar refractivity (Wildman–Crippen MR) is 95.9 cm³/mol. The highest BCUT2D eigenvalue weighted by atomic mass is 16.2. The molecule has 2 N–H and O–H groups in total. The lowest BCUT2D eigenvalue weighted by molar-refractivity contribution is -0.136. The first-order valence-electron chi connectivity index (χ1n) is 8.53. The molecule has 1 fully saturated rings. The molecule has 3 rings (SSSR count). The highest BCUT2D eigenvalue weighted by Gasteiger charge is 2.36. The van der Waals surface area contributed by atoms with Crippen LogP contribution in [-0.4, -0.2) is 46.2 Å². The maximum absolute atomic E-state index is 12.6. The summed E-state index contributed by atoms with van der Waals surface area (Å²) >= 11 is 0. The van der Waals surface area contributed by atoms with Crippen molar-refractivity contribution in [1.82, 2.24) is 15.2 Å². The van der Waals surface area contributed by atoms with Crippen LogP contribution in [0.4, 0.5) is 5.82 Å². The van der Waals surface area contributed by atoms with Gasteiger partial charge in [0.25, 0.3) is 5.91 Å². The first-order chi connectivity index (χ1) is 12.6. The molecule has 7 nitrogen and oxygen atoms in total. The number of anilines is 1. The summed E-state index contributed by atoms with van der Waals surface area (Å²) in [5.41, 5.74) is 3.32. The molecule has 0 spiro atoms. The lowest BCUT2D eigenvalue weighted by atomic mass is 10.1. The van der Waals surface area contributed by atoms with Crippen LogP contribution in [0.3, 0.4) is 0 Å². The molecule has 1 aliphatic heterocycles. The Kier molecular flexibility index (Phi) is 5.29. The molecule has 1 aromatic rings. The molecule has 0 saturated carbocycles. The Bertz CT molecular complexity index is 809. The Labute approximate surface area is 151 Å². The highest BCUT2D eigenvalue weighted by Crippen LogP contribution is 2.21. The van der Waals surface area contributed by atoms with E-state index >= 15 is 0 Å². The predicted octanol–water partition coefficient (Wildman–Crippen LogP) is 1.17. The average molecular weight is 352 g/mol. The molecule has 7 heteroatoms. The second-order valence-corrected chi connectivity index (χ2v) is 6.17. The molecular weight excluding hydrogens is 332 g/mol. The van der Waals surface area contributed by atoms with Crippen LogP contribution in [0.2, 0.25) is 0 Å². The van der Waals surface area contributed by atoms with E-state index in [2.05, 4.69) is 21.3 Å². The zero-order valence-corrected chi connectivity index (χ0v) is 14.4. The molecule has 2 heterocycles. The quantitative estimate of drug-likeness (QED) is 0.778. The molecule has 3 amide bonds. The van der Waals surface area contributed by atoms with Gasteiger partial charge < -0.3 is 15.5 Å². The molecule has 1 aromatic heterocycles. The van der Waals surface area contributed by atoms with Crippen LogP contribution >= 0.6 is 0 Å². The number of rotatable bonds is 5. The normalized spacial score (nSPS) is 19.2. The van der Waals surface area contributed by atoms with E-state index in [-0.39, 0.29) is 17.7 Å². The summed E-state index contributed by atoms with van der Waals surface area (Å²) in [7, 11) is 0. The van der Waals surface area contributed by atoms with Gasteiger partial charge in [0.15, 0.2) is 0 Å². The number of nitrogens with one attached hydrogen (secondary N) is 2. The fourth-order valence-electron chi connectivity index (χ4n) is 2.95. The molecule has 0 unspecified atom stereocenters. The summed E-state index contributed by atoms with van der Waals surface area (Å²) in [5, 5.41) is 5.33. The minimum Gasteiger partial charge on any atom is -0.343 e. The van der Waals surface area contributed by atoms with Crippen molar-refractivity contribution < 1.29 is 14.4 Å². The number of likely N-dealkylation sites (tertiary alicyclic amines) is 1. The standard InChI is InChI=1S/C19H20N4O3/c1-13(17(24)22-16-10-4-5-11-20-16)21-18(25)15-9-6-12-23(15)19(26)14-7-2-3-8-14/h2-5,7,10-11,13,15H,6,9,12H2,1H3,(H,21,25)(H,20,22,24)/t13-,15-/m1/s1. The van der Waals surface area contributed by atoms with Crippen LogP contribution in [0.5, 0.6) is 0 Å². The molecule has 1 saturated heterocycles. The first-order valence-corrected chi connectivity index (χ1v) is 8.53. The molecule has 0 bridgehead atoms. The van der Waals surface area contributed by atoms with Gasteiger partial charge in [0.05, 0.1) is 5.57 Å². The van der Waals surface area contributed by atoms with Crippen molar-refractivity contribution in [3.63, 3.8) is 0 Å². The van der Waals surface area contributed by atoms with Crippen LogP contribution in [0, 0.1) is 0 Å². The maximum Gasteiger partial charge on any atom is 0.262 e. The summed E-state index contributed by atoms with van der Waals surface area (Å²) < 4.78 is 0. The molecule has 1 aliphatic carbocycles. The van der Waals surface area contributed by atoms with Crippen LogP contribution in [0.15, 0.2) is 53.9 Å². The first kappa shape index (κ1) is 17.6. The molecule has 134 valence electrons. The van der Waals surface area contributed by atoms with Gasteiger partial charge in [-0.05, 0) is 44.1 Å². The van der Waals surface area contributed by atoms with Crippen LogP contribution in [0.1, 0.15) is 19.8 Å². The van der Waals surface area contributed by atoms with E-state index in [0.717, 1.165) is 6.42 Å². The fourth-order valence-corrected chi connectivity index (χ4v) is 2.95. The SMILES string of the molecule is C[C@@H](NC(=O)[C@H]1CCCN1C(=O)C1=C=CC=C1)C(=O)Nc1ccccn1. The summed E-state index contributed by atoms with van der Waals surface area (Å²) in [6.07, 6.45) is 7.98. The van der Waals surface area contributed by atoms with Crippen LogP contribution in [-0.2, 0) is 14.4 Å². The Balaban J connectivity index is 1.59. The lowest BCUT2D eigenvalue weighted by Gasteiger charge is -2.25. The van der Waals surface area contributed by atoms with Gasteiger partial charge in [-0.3, -0.25) is 14.4 Å². The van der Waals surface area contributed by atoms with Gasteiger partial charge in [0, 0.05) is 12.7 Å². The van der Waals surface area contributed by atoms with Crippen LogP contribution < -0.4 is 10.6 Å². The third-order valence-corrected chi connectivity index (χ3v) is 4.31. The fraction of sp³-hybridized carbons (Fsp3) is 0.316. The van der Waals surface area contributed by atoms with E-state index in [4.69, 9.17) is 0 Å². The molecule has 26 heavy (non-hydrogen) atoms. The zero-order chi connectivity index (χ0) is 18.5. The van der Waals surface area contributed by atoms with Crippen molar-refractivity contribution in [2.45, 2.75) is 31.8 Å². The van der Waals surface area contributed by atoms with Crippen molar-refractivity contribution in [3.8, 4) is 0 Å². The average Bonchev–Trinajstić information content (AvgIpc) is 3.33. The summed E-state index contributed by atoms with van der Waals surface area (Å²) in [4.78, 5) is 42.9. The number of carbonyl (C=O) groups excluding carboxylic acids is 3. The van der Waals surface area contributed by atoms with Gasteiger partial charge >= 0.3 is 0 Å². The van der Waals surface area contributed by atoms with Crippen molar-refractivity contribution in [1.29, 1.82) is 0 Å². The van der Waals surface area contributed by atoms with Gasteiger partial charge in [-0.1, -0.05) is 12.1 Å². The van der Waals surface area contributed by atoms with E-state index in [1.807, 2.05) is 0 Å². The van der Waals surface area contributed by atoms with Gasteiger partial charge in [-0.15, -0.1) is 5.73 Å². The summed E-state index contributed by atoms with van der Waals surface area (Å²) in [5.74, 6) is -0.482. The number of hydrogen-bond donors (Lipinski definition) is 2. The van der Waals surface area contributed by atoms with Crippen molar-refractivity contribution in [3.05, 3.63) is 53.9 Å². The Morgan fingerprint density at radius 3 is 2.88 bits per heavy atom. The minimum atomic E-state index is -0.743. The van der Waals surface area contributed by atoms with E-state index in [9.17, 15) is 14.4 Å². The molecule has 0 radical (unpaired) electrons. The van der Waals surface area contributed by atoms with Crippen molar-refractivity contribution in [2.24, 2.45) is 0 Å². The Morgan fingerprint density at radius 1 is 1.35 bits per heavy atom. The van der Waals surface area contributed by atoms with Gasteiger partial charge in [0.2, 0.25) is 11.8 Å². The number of allylic oxidation sites excluding steroid dienone is 1. The van der Waals surface area contributed by atoms with Gasteiger partial charge in [-0.25, -0.2) is 4.98 Å². The largest absolute Gasteiger partial charge is 0.343 e. The molecule has 2 aliphatic rings. The zero-order valence-electron chi connectivity index (χ0n) is 14.4. The Morgan fingerprint density at radius 2 is 2.19 bits per heavy atom. The monoisotopic (exact) mass is 352 g/mol. The smallest absolute Gasteiger partial charge is 0.262 e. The third-order valence-electron chi connectivity index (χ3n) is 4.31. The summed E-state index contributed by atoms with van der Waals surface area (Å²) in [6, 6.07) is 3.86. The van der Waals surface area contributed by atoms with E-state index in [1.165, 1.54) is 0 Å².